The van der Waals surface area contributed by atoms with Crippen molar-refractivity contribution in [3.05, 3.63) is 41.4 Å². The lowest BCUT2D eigenvalue weighted by molar-refractivity contribution is -0.133. The highest BCUT2D eigenvalue weighted by Crippen LogP contribution is 2.24. The van der Waals surface area contributed by atoms with Gasteiger partial charge in [-0.15, -0.1) is 11.3 Å². The fraction of sp³-hybridized carbons (Fsp3) is 0.421. The Labute approximate surface area is 167 Å². The SMILES string of the molecule is O=C(CN1CCSC1=O)N1CCN(Cc2csc(-c3ccccc3)n2)CC1. The van der Waals surface area contributed by atoms with Crippen LogP contribution < -0.4 is 0 Å². The minimum absolute atomic E-state index is 0.0275. The molecule has 1 aromatic carbocycles. The lowest BCUT2D eigenvalue weighted by Gasteiger charge is -2.35. The second-order valence-corrected chi connectivity index (χ2v) is 8.61. The van der Waals surface area contributed by atoms with E-state index < -0.39 is 0 Å². The maximum absolute atomic E-state index is 12.4. The third kappa shape index (κ3) is 4.51. The Bertz CT molecular complexity index is 803. The summed E-state index contributed by atoms with van der Waals surface area (Å²) in [7, 11) is 0. The molecular weight excluding hydrogens is 380 g/mol. The molecule has 27 heavy (non-hydrogen) atoms. The van der Waals surface area contributed by atoms with Crippen molar-refractivity contribution in [2.24, 2.45) is 0 Å². The van der Waals surface area contributed by atoms with Crippen LogP contribution in [0.4, 0.5) is 4.79 Å². The van der Waals surface area contributed by atoms with Crippen LogP contribution in [0.15, 0.2) is 35.7 Å². The molecule has 0 N–H and O–H groups in total. The van der Waals surface area contributed by atoms with Gasteiger partial charge in [-0.25, -0.2) is 4.98 Å². The summed E-state index contributed by atoms with van der Waals surface area (Å²) in [6.07, 6.45) is 0. The molecule has 0 spiro atoms. The fourth-order valence-electron chi connectivity index (χ4n) is 3.31. The van der Waals surface area contributed by atoms with Gasteiger partial charge in [0.1, 0.15) is 11.6 Å². The summed E-state index contributed by atoms with van der Waals surface area (Å²) in [5.74, 6) is 0.851. The summed E-state index contributed by atoms with van der Waals surface area (Å²) < 4.78 is 0. The number of piperazine rings is 1. The molecule has 2 amide bonds. The van der Waals surface area contributed by atoms with E-state index in [1.807, 2.05) is 23.1 Å². The number of carbonyl (C=O) groups is 2. The first-order valence-corrected chi connectivity index (χ1v) is 11.0. The number of benzene rings is 1. The van der Waals surface area contributed by atoms with Crippen LogP contribution in [0.2, 0.25) is 0 Å². The standard InChI is InChI=1S/C19H22N4O2S2/c24-17(13-23-10-11-26-19(23)25)22-8-6-21(7-9-22)12-16-14-27-18(20-16)15-4-2-1-3-5-15/h1-5,14H,6-13H2. The topological polar surface area (TPSA) is 56.8 Å². The minimum Gasteiger partial charge on any atom is -0.339 e. The second-order valence-electron chi connectivity index (χ2n) is 6.70. The van der Waals surface area contributed by atoms with Crippen molar-refractivity contribution in [1.82, 2.24) is 19.7 Å². The van der Waals surface area contributed by atoms with Gasteiger partial charge in [0.15, 0.2) is 0 Å². The molecule has 0 unspecified atom stereocenters. The first kappa shape index (κ1) is 18.5. The van der Waals surface area contributed by atoms with Crippen molar-refractivity contribution >= 4 is 34.2 Å². The highest BCUT2D eigenvalue weighted by atomic mass is 32.2. The first-order chi connectivity index (χ1) is 13.2. The average Bonchev–Trinajstić information content (AvgIpc) is 3.32. The predicted molar refractivity (Wildman–Crippen MR) is 109 cm³/mol. The molecule has 2 saturated heterocycles. The number of rotatable bonds is 5. The molecule has 2 aliphatic heterocycles. The Morgan fingerprint density at radius 3 is 2.56 bits per heavy atom. The minimum atomic E-state index is 0.0275. The molecule has 1 aromatic heterocycles. The number of nitrogens with zero attached hydrogens (tertiary/aromatic N) is 4. The number of hydrogen-bond acceptors (Lipinski definition) is 6. The number of hydrogen-bond donors (Lipinski definition) is 0. The average molecular weight is 403 g/mol. The van der Waals surface area contributed by atoms with E-state index in [4.69, 9.17) is 4.98 Å². The van der Waals surface area contributed by atoms with Crippen molar-refractivity contribution in [3.8, 4) is 10.6 Å². The third-order valence-electron chi connectivity index (χ3n) is 4.85. The Morgan fingerprint density at radius 1 is 1.07 bits per heavy atom. The van der Waals surface area contributed by atoms with E-state index in [0.29, 0.717) is 19.6 Å². The smallest absolute Gasteiger partial charge is 0.282 e. The molecule has 2 aliphatic rings. The van der Waals surface area contributed by atoms with Gasteiger partial charge < -0.3 is 9.80 Å². The lowest BCUT2D eigenvalue weighted by Crippen LogP contribution is -2.50. The molecular formula is C19H22N4O2S2. The molecule has 142 valence electrons. The number of thiazole rings is 1. The van der Waals surface area contributed by atoms with Crippen LogP contribution in [0.1, 0.15) is 5.69 Å². The van der Waals surface area contributed by atoms with E-state index >= 15 is 0 Å². The van der Waals surface area contributed by atoms with Gasteiger partial charge in [-0.2, -0.15) is 0 Å². The molecule has 0 atom stereocenters. The maximum Gasteiger partial charge on any atom is 0.282 e. The molecule has 3 heterocycles. The number of amides is 2. The quantitative estimate of drug-likeness (QED) is 0.770. The Morgan fingerprint density at radius 2 is 1.85 bits per heavy atom. The van der Waals surface area contributed by atoms with E-state index in [0.717, 1.165) is 41.7 Å². The molecule has 2 fully saturated rings. The molecule has 8 heteroatoms. The van der Waals surface area contributed by atoms with Gasteiger partial charge in [0.2, 0.25) is 5.91 Å². The van der Waals surface area contributed by atoms with Gasteiger partial charge in [0.25, 0.3) is 5.24 Å². The second kappa shape index (κ2) is 8.41. The molecule has 6 nitrogen and oxygen atoms in total. The van der Waals surface area contributed by atoms with Crippen LogP contribution in [0, 0.1) is 0 Å². The van der Waals surface area contributed by atoms with Crippen LogP contribution in [0.3, 0.4) is 0 Å². The summed E-state index contributed by atoms with van der Waals surface area (Å²) in [6.45, 7) is 4.82. The molecule has 2 aromatic rings. The van der Waals surface area contributed by atoms with E-state index in [1.54, 1.807) is 16.2 Å². The largest absolute Gasteiger partial charge is 0.339 e. The van der Waals surface area contributed by atoms with Gasteiger partial charge in [-0.1, -0.05) is 42.1 Å². The summed E-state index contributed by atoms with van der Waals surface area (Å²) in [5.41, 5.74) is 2.23. The summed E-state index contributed by atoms with van der Waals surface area (Å²) in [6, 6.07) is 10.2. The van der Waals surface area contributed by atoms with Crippen molar-refractivity contribution < 1.29 is 9.59 Å². The van der Waals surface area contributed by atoms with Crippen LogP contribution in [-0.4, -0.2) is 75.9 Å². The van der Waals surface area contributed by atoms with E-state index in [2.05, 4.69) is 22.4 Å². The van der Waals surface area contributed by atoms with Gasteiger partial charge in [0.05, 0.1) is 5.69 Å². The zero-order chi connectivity index (χ0) is 18.6. The first-order valence-electron chi connectivity index (χ1n) is 9.11. The normalized spacial score (nSPS) is 18.3. The maximum atomic E-state index is 12.4. The molecule has 0 aliphatic carbocycles. The monoisotopic (exact) mass is 402 g/mol. The third-order valence-corrected chi connectivity index (χ3v) is 6.69. The molecule has 0 saturated carbocycles. The zero-order valence-electron chi connectivity index (χ0n) is 15.0. The van der Waals surface area contributed by atoms with E-state index in [9.17, 15) is 9.59 Å². The molecule has 0 radical (unpaired) electrons. The van der Waals surface area contributed by atoms with Gasteiger partial charge in [-0.05, 0) is 0 Å². The van der Waals surface area contributed by atoms with Crippen LogP contribution in [0.5, 0.6) is 0 Å². The zero-order valence-corrected chi connectivity index (χ0v) is 16.7. The lowest BCUT2D eigenvalue weighted by atomic mass is 10.2. The summed E-state index contributed by atoms with van der Waals surface area (Å²) in [4.78, 5) is 34.7. The fourth-order valence-corrected chi connectivity index (χ4v) is 4.95. The highest BCUT2D eigenvalue weighted by molar-refractivity contribution is 8.13. The molecule has 4 rings (SSSR count). The Balaban J connectivity index is 1.27. The number of thioether (sulfide) groups is 1. The van der Waals surface area contributed by atoms with Crippen LogP contribution in [0.25, 0.3) is 10.6 Å². The van der Waals surface area contributed by atoms with Gasteiger partial charge >= 0.3 is 0 Å². The van der Waals surface area contributed by atoms with Crippen LogP contribution in [-0.2, 0) is 11.3 Å². The summed E-state index contributed by atoms with van der Waals surface area (Å²) in [5, 5.41) is 3.20. The Kier molecular flexibility index (Phi) is 5.75. The predicted octanol–water partition coefficient (Wildman–Crippen LogP) is 2.62. The highest BCUT2D eigenvalue weighted by Gasteiger charge is 2.27. The molecule has 0 bridgehead atoms. The Hall–Kier alpha value is -1.90. The van der Waals surface area contributed by atoms with Crippen molar-refractivity contribution in [2.45, 2.75) is 6.54 Å². The van der Waals surface area contributed by atoms with E-state index in [1.165, 1.54) is 11.8 Å². The van der Waals surface area contributed by atoms with Gasteiger partial charge in [-0.3, -0.25) is 14.5 Å². The van der Waals surface area contributed by atoms with Crippen molar-refractivity contribution in [2.75, 3.05) is 45.0 Å². The van der Waals surface area contributed by atoms with Crippen molar-refractivity contribution in [1.29, 1.82) is 0 Å². The van der Waals surface area contributed by atoms with Crippen LogP contribution >= 0.6 is 23.1 Å². The van der Waals surface area contributed by atoms with Gasteiger partial charge in [0, 0.05) is 56.0 Å². The number of carbonyl (C=O) groups excluding carboxylic acids is 2. The van der Waals surface area contributed by atoms with E-state index in [-0.39, 0.29) is 17.7 Å². The number of aromatic nitrogens is 1. The van der Waals surface area contributed by atoms with Crippen molar-refractivity contribution in [3.63, 3.8) is 0 Å². The summed E-state index contributed by atoms with van der Waals surface area (Å²) >= 11 is 2.97.